The molecule has 0 amide bonds. The number of nitriles is 1. The van der Waals surface area contributed by atoms with Gasteiger partial charge in [-0.05, 0) is 19.1 Å². The molecule has 1 heterocycles. The van der Waals surface area contributed by atoms with E-state index in [-0.39, 0.29) is 12.6 Å². The van der Waals surface area contributed by atoms with Crippen LogP contribution in [0.5, 0.6) is 0 Å². The van der Waals surface area contributed by atoms with E-state index in [0.717, 1.165) is 10.9 Å². The Labute approximate surface area is 106 Å². The molecule has 0 radical (unpaired) electrons. The van der Waals surface area contributed by atoms with E-state index < -0.39 is 0 Å². The van der Waals surface area contributed by atoms with E-state index in [1.165, 1.54) is 0 Å². The van der Waals surface area contributed by atoms with Crippen molar-refractivity contribution in [2.24, 2.45) is 0 Å². The topological polar surface area (TPSA) is 60.1 Å². The Morgan fingerprint density at radius 1 is 1.44 bits per heavy atom. The number of hydrogen-bond acceptors (Lipinski definition) is 4. The molecule has 0 saturated carbocycles. The highest BCUT2D eigenvalue weighted by molar-refractivity contribution is 5.86. The third kappa shape index (κ3) is 2.13. The van der Waals surface area contributed by atoms with E-state index >= 15 is 0 Å². The van der Waals surface area contributed by atoms with Gasteiger partial charge in [0.05, 0.1) is 29.8 Å². The zero-order chi connectivity index (χ0) is 13.1. The second-order valence-electron chi connectivity index (χ2n) is 4.30. The van der Waals surface area contributed by atoms with E-state index in [1.54, 1.807) is 6.07 Å². The van der Waals surface area contributed by atoms with Crippen LogP contribution in [0.15, 0.2) is 30.3 Å². The molecule has 0 spiro atoms. The van der Waals surface area contributed by atoms with Crippen molar-refractivity contribution >= 4 is 16.7 Å². The maximum atomic E-state index is 9.19. The van der Waals surface area contributed by atoms with Crippen LogP contribution in [-0.2, 0) is 0 Å². The smallest absolute Gasteiger partial charge is 0.130 e. The van der Waals surface area contributed by atoms with Crippen LogP contribution in [0.3, 0.4) is 0 Å². The average Bonchev–Trinajstić information content (AvgIpc) is 2.44. The number of aromatic nitrogens is 1. The molecule has 0 aliphatic heterocycles. The molecule has 0 aliphatic rings. The number of fused-ring (bicyclic) bond motifs is 1. The molecule has 0 saturated heterocycles. The van der Waals surface area contributed by atoms with Crippen LogP contribution in [0.2, 0.25) is 0 Å². The molecule has 1 aromatic heterocycles. The lowest BCUT2D eigenvalue weighted by Gasteiger charge is -2.24. The summed E-state index contributed by atoms with van der Waals surface area (Å²) in [6.45, 7) is 1.95. The van der Waals surface area contributed by atoms with Crippen LogP contribution in [0.1, 0.15) is 12.5 Å². The summed E-state index contributed by atoms with van der Waals surface area (Å²) >= 11 is 0. The highest BCUT2D eigenvalue weighted by atomic mass is 16.3. The molecule has 0 aliphatic carbocycles. The van der Waals surface area contributed by atoms with Crippen LogP contribution in [0, 0.1) is 11.3 Å². The van der Waals surface area contributed by atoms with Gasteiger partial charge < -0.3 is 10.0 Å². The monoisotopic (exact) mass is 241 g/mol. The van der Waals surface area contributed by atoms with Crippen LogP contribution in [0.4, 0.5) is 5.82 Å². The summed E-state index contributed by atoms with van der Waals surface area (Å²) in [5.41, 5.74) is 1.40. The molecule has 92 valence electrons. The molecule has 18 heavy (non-hydrogen) atoms. The number of nitrogens with zero attached hydrogens (tertiary/aromatic N) is 3. The molecule has 2 rings (SSSR count). The number of aliphatic hydroxyl groups excluding tert-OH is 1. The first-order valence-electron chi connectivity index (χ1n) is 5.81. The van der Waals surface area contributed by atoms with E-state index in [1.807, 2.05) is 43.1 Å². The Morgan fingerprint density at radius 3 is 2.83 bits per heavy atom. The Hall–Kier alpha value is -2.12. The fourth-order valence-corrected chi connectivity index (χ4v) is 1.78. The normalized spacial score (nSPS) is 12.1. The number of anilines is 1. The molecular formula is C14H15N3O. The summed E-state index contributed by atoms with van der Waals surface area (Å²) in [6.07, 6.45) is 0. The highest BCUT2D eigenvalue weighted by Gasteiger charge is 2.12. The average molecular weight is 241 g/mol. The lowest BCUT2D eigenvalue weighted by atomic mass is 10.1. The fourth-order valence-electron chi connectivity index (χ4n) is 1.78. The number of likely N-dealkylation sites (N-methyl/N-ethyl adjacent to an activating group) is 1. The first-order valence-corrected chi connectivity index (χ1v) is 5.81. The summed E-state index contributed by atoms with van der Waals surface area (Å²) in [5, 5.41) is 19.2. The zero-order valence-electron chi connectivity index (χ0n) is 10.5. The second kappa shape index (κ2) is 5.03. The first-order chi connectivity index (χ1) is 8.67. The van der Waals surface area contributed by atoms with Gasteiger partial charge in [0.15, 0.2) is 0 Å². The molecule has 4 heteroatoms. The number of hydrogen-bond donors (Lipinski definition) is 1. The van der Waals surface area contributed by atoms with E-state index in [0.29, 0.717) is 11.4 Å². The summed E-state index contributed by atoms with van der Waals surface area (Å²) in [7, 11) is 1.86. The largest absolute Gasteiger partial charge is 0.394 e. The molecule has 4 nitrogen and oxygen atoms in total. The maximum Gasteiger partial charge on any atom is 0.130 e. The van der Waals surface area contributed by atoms with Gasteiger partial charge in [0.1, 0.15) is 5.82 Å². The number of rotatable bonds is 3. The SMILES string of the molecule is CC(CO)N(C)c1cc(C#N)c2ccccc2n1. The molecule has 2 aromatic rings. The number of benzene rings is 1. The van der Waals surface area contributed by atoms with E-state index in [4.69, 9.17) is 0 Å². The Kier molecular flexibility index (Phi) is 3.45. The number of para-hydroxylation sites is 1. The first kappa shape index (κ1) is 12.3. The summed E-state index contributed by atoms with van der Waals surface area (Å²) in [4.78, 5) is 6.38. The zero-order valence-corrected chi connectivity index (χ0v) is 10.5. The van der Waals surface area contributed by atoms with Crippen molar-refractivity contribution in [2.45, 2.75) is 13.0 Å². The lowest BCUT2D eigenvalue weighted by molar-refractivity contribution is 0.270. The van der Waals surface area contributed by atoms with Gasteiger partial charge in [-0.25, -0.2) is 4.98 Å². The van der Waals surface area contributed by atoms with Crippen molar-refractivity contribution in [3.63, 3.8) is 0 Å². The van der Waals surface area contributed by atoms with Crippen molar-refractivity contribution < 1.29 is 5.11 Å². The van der Waals surface area contributed by atoms with Gasteiger partial charge in [0, 0.05) is 12.4 Å². The minimum atomic E-state index is -0.0368. The number of pyridine rings is 1. The van der Waals surface area contributed by atoms with Gasteiger partial charge in [-0.2, -0.15) is 5.26 Å². The van der Waals surface area contributed by atoms with Gasteiger partial charge in [-0.15, -0.1) is 0 Å². The van der Waals surface area contributed by atoms with Gasteiger partial charge >= 0.3 is 0 Å². The van der Waals surface area contributed by atoms with Gasteiger partial charge in [-0.3, -0.25) is 0 Å². The van der Waals surface area contributed by atoms with Gasteiger partial charge in [0.2, 0.25) is 0 Å². The van der Waals surface area contributed by atoms with Crippen molar-refractivity contribution in [1.82, 2.24) is 4.98 Å². The lowest BCUT2D eigenvalue weighted by Crippen LogP contribution is -2.32. The van der Waals surface area contributed by atoms with Crippen LogP contribution >= 0.6 is 0 Å². The third-order valence-electron chi connectivity index (χ3n) is 3.11. The van der Waals surface area contributed by atoms with Crippen LogP contribution in [0.25, 0.3) is 10.9 Å². The predicted octanol–water partition coefficient (Wildman–Crippen LogP) is 1.92. The molecule has 1 unspecified atom stereocenters. The molecule has 0 fully saturated rings. The minimum Gasteiger partial charge on any atom is -0.394 e. The summed E-state index contributed by atoms with van der Waals surface area (Å²) < 4.78 is 0. The minimum absolute atomic E-state index is 0.0368. The quantitative estimate of drug-likeness (QED) is 0.892. The van der Waals surface area contributed by atoms with E-state index in [9.17, 15) is 10.4 Å². The predicted molar refractivity (Wildman–Crippen MR) is 71.4 cm³/mol. The summed E-state index contributed by atoms with van der Waals surface area (Å²) in [6, 6.07) is 11.5. The van der Waals surface area contributed by atoms with Crippen LogP contribution in [-0.4, -0.2) is 29.8 Å². The highest BCUT2D eigenvalue weighted by Crippen LogP contribution is 2.22. The van der Waals surface area contributed by atoms with Crippen molar-refractivity contribution in [3.8, 4) is 6.07 Å². The standard InChI is InChI=1S/C14H15N3O/c1-10(9-18)17(2)14-7-11(8-15)12-5-3-4-6-13(12)16-14/h3-7,10,18H,9H2,1-2H3. The van der Waals surface area contributed by atoms with Crippen molar-refractivity contribution in [2.75, 3.05) is 18.6 Å². The second-order valence-corrected chi connectivity index (χ2v) is 4.30. The number of aliphatic hydroxyl groups is 1. The van der Waals surface area contributed by atoms with Gasteiger partial charge in [-0.1, -0.05) is 18.2 Å². The maximum absolute atomic E-state index is 9.19. The molecule has 1 aromatic carbocycles. The molecular weight excluding hydrogens is 226 g/mol. The molecule has 0 bridgehead atoms. The van der Waals surface area contributed by atoms with Crippen molar-refractivity contribution in [1.29, 1.82) is 5.26 Å². The fraction of sp³-hybridized carbons (Fsp3) is 0.286. The summed E-state index contributed by atoms with van der Waals surface area (Å²) in [5.74, 6) is 0.701. The van der Waals surface area contributed by atoms with E-state index in [2.05, 4.69) is 11.1 Å². The van der Waals surface area contributed by atoms with Crippen LogP contribution < -0.4 is 4.90 Å². The Balaban J connectivity index is 2.57. The molecule has 1 N–H and O–H groups in total. The third-order valence-corrected chi connectivity index (χ3v) is 3.11. The van der Waals surface area contributed by atoms with Gasteiger partial charge in [0.25, 0.3) is 0 Å². The Bertz CT molecular complexity index is 604. The Morgan fingerprint density at radius 2 is 2.17 bits per heavy atom. The van der Waals surface area contributed by atoms with Crippen molar-refractivity contribution in [3.05, 3.63) is 35.9 Å². The molecule has 1 atom stereocenters.